The number of hydrogen-bond donors (Lipinski definition) is 2. The highest BCUT2D eigenvalue weighted by molar-refractivity contribution is 5.50. The van der Waals surface area contributed by atoms with Crippen LogP contribution in [-0.4, -0.2) is 29.0 Å². The van der Waals surface area contributed by atoms with Crippen molar-refractivity contribution in [1.29, 1.82) is 5.26 Å². The van der Waals surface area contributed by atoms with Gasteiger partial charge in [-0.25, -0.2) is 4.98 Å². The van der Waals surface area contributed by atoms with Gasteiger partial charge in [0.05, 0.1) is 4.92 Å². The monoisotopic (exact) mass is 247 g/mol. The summed E-state index contributed by atoms with van der Waals surface area (Å²) in [6.07, 6.45) is 1.95. The predicted molar refractivity (Wildman–Crippen MR) is 65.1 cm³/mol. The number of anilines is 1. The Balaban J connectivity index is 2.14. The molecule has 1 aliphatic rings. The number of hydrogen-bond acceptors (Lipinski definition) is 6. The number of nitriles is 1. The van der Waals surface area contributed by atoms with Crippen molar-refractivity contribution in [3.63, 3.8) is 0 Å². The molecule has 0 aromatic carbocycles. The highest BCUT2D eigenvalue weighted by Gasteiger charge is 2.18. The molecule has 7 nitrogen and oxygen atoms in total. The molecule has 7 heteroatoms. The first kappa shape index (κ1) is 12.3. The Hall–Kier alpha value is -2.20. The van der Waals surface area contributed by atoms with Crippen LogP contribution in [0.15, 0.2) is 12.1 Å². The fraction of sp³-hybridized carbons (Fsp3) is 0.455. The molecule has 2 rings (SSSR count). The van der Waals surface area contributed by atoms with Gasteiger partial charge >= 0.3 is 5.69 Å². The van der Waals surface area contributed by atoms with Gasteiger partial charge in [-0.1, -0.05) is 0 Å². The van der Waals surface area contributed by atoms with Crippen molar-refractivity contribution in [2.45, 2.75) is 18.9 Å². The smallest absolute Gasteiger partial charge is 0.305 e. The van der Waals surface area contributed by atoms with Crippen molar-refractivity contribution < 1.29 is 4.92 Å². The number of nitro groups is 1. The lowest BCUT2D eigenvalue weighted by Crippen LogP contribution is -2.35. The minimum atomic E-state index is -0.597. The predicted octanol–water partition coefficient (Wildman–Crippen LogP) is 1.03. The number of rotatable bonds is 3. The van der Waals surface area contributed by atoms with Crippen LogP contribution in [0.1, 0.15) is 18.5 Å². The summed E-state index contributed by atoms with van der Waals surface area (Å²) in [6, 6.07) is 4.90. The first-order valence-corrected chi connectivity index (χ1v) is 5.73. The van der Waals surface area contributed by atoms with Gasteiger partial charge in [0.25, 0.3) is 0 Å². The maximum Gasteiger partial charge on any atom is 0.305 e. The molecule has 0 spiro atoms. The average Bonchev–Trinajstić information content (AvgIpc) is 2.39. The zero-order valence-corrected chi connectivity index (χ0v) is 9.72. The lowest BCUT2D eigenvalue weighted by molar-refractivity contribution is -0.385. The van der Waals surface area contributed by atoms with E-state index in [4.69, 9.17) is 5.26 Å². The summed E-state index contributed by atoms with van der Waals surface area (Å²) in [5.74, 6) is 0.518. The number of nitrogens with one attached hydrogen (secondary N) is 2. The third kappa shape index (κ3) is 2.73. The molecule has 0 saturated carbocycles. The van der Waals surface area contributed by atoms with E-state index < -0.39 is 4.92 Å². The van der Waals surface area contributed by atoms with Gasteiger partial charge in [-0.05, 0) is 32.0 Å². The molecule has 1 saturated heterocycles. The van der Waals surface area contributed by atoms with Crippen LogP contribution in [0.4, 0.5) is 11.5 Å². The zero-order valence-electron chi connectivity index (χ0n) is 9.72. The minimum Gasteiger partial charge on any atom is -0.367 e. The van der Waals surface area contributed by atoms with Crippen LogP contribution in [0.2, 0.25) is 0 Å². The van der Waals surface area contributed by atoms with Crippen molar-refractivity contribution in [3.8, 4) is 6.07 Å². The van der Waals surface area contributed by atoms with E-state index in [0.29, 0.717) is 11.9 Å². The van der Waals surface area contributed by atoms with E-state index in [-0.39, 0.29) is 11.4 Å². The summed E-state index contributed by atoms with van der Waals surface area (Å²) in [6.45, 7) is 1.88. The molecule has 18 heavy (non-hydrogen) atoms. The molecule has 1 fully saturated rings. The summed E-state index contributed by atoms with van der Waals surface area (Å²) in [7, 11) is 0. The molecule has 0 radical (unpaired) electrons. The number of pyridine rings is 1. The number of nitrogens with zero attached hydrogens (tertiary/aromatic N) is 3. The molecule has 0 unspecified atom stereocenters. The normalized spacial score (nSPS) is 15.9. The van der Waals surface area contributed by atoms with Gasteiger partial charge in [0.2, 0.25) is 5.69 Å². The summed E-state index contributed by atoms with van der Waals surface area (Å²) in [5.41, 5.74) is -0.410. The SMILES string of the molecule is N#Cc1nc(NC2CCNCC2)ccc1[N+](=O)[O-]. The molecule has 1 aromatic heterocycles. The second-order valence-electron chi connectivity index (χ2n) is 4.10. The van der Waals surface area contributed by atoms with Crippen LogP contribution in [0.3, 0.4) is 0 Å². The molecule has 94 valence electrons. The van der Waals surface area contributed by atoms with Gasteiger partial charge in [-0.2, -0.15) is 5.26 Å². The Bertz CT molecular complexity index is 491. The van der Waals surface area contributed by atoms with Crippen LogP contribution >= 0.6 is 0 Å². The van der Waals surface area contributed by atoms with E-state index >= 15 is 0 Å². The van der Waals surface area contributed by atoms with Crippen molar-refractivity contribution in [3.05, 3.63) is 27.9 Å². The van der Waals surface area contributed by atoms with Gasteiger partial charge in [0.1, 0.15) is 11.9 Å². The standard InChI is InChI=1S/C11H13N5O2/c12-7-9-10(16(17)18)1-2-11(15-9)14-8-3-5-13-6-4-8/h1-2,8,13H,3-6H2,(H,14,15). The second kappa shape index (κ2) is 5.42. The molecule has 0 atom stereocenters. The maximum absolute atomic E-state index is 10.7. The van der Waals surface area contributed by atoms with E-state index in [2.05, 4.69) is 15.6 Å². The first-order chi connectivity index (χ1) is 8.70. The van der Waals surface area contributed by atoms with Crippen molar-refractivity contribution in [2.24, 2.45) is 0 Å². The molecule has 2 N–H and O–H groups in total. The third-order valence-electron chi connectivity index (χ3n) is 2.87. The lowest BCUT2D eigenvalue weighted by Gasteiger charge is -2.24. The Morgan fingerprint density at radius 1 is 1.50 bits per heavy atom. The number of aromatic nitrogens is 1. The summed E-state index contributed by atoms with van der Waals surface area (Å²) < 4.78 is 0. The number of piperidine rings is 1. The average molecular weight is 247 g/mol. The fourth-order valence-electron chi connectivity index (χ4n) is 1.94. The lowest BCUT2D eigenvalue weighted by atomic mass is 10.1. The Labute approximate surface area is 104 Å². The minimum absolute atomic E-state index is 0.154. The molecule has 2 heterocycles. The Morgan fingerprint density at radius 3 is 2.83 bits per heavy atom. The summed E-state index contributed by atoms with van der Waals surface area (Å²) in [4.78, 5) is 14.0. The molecule has 0 bridgehead atoms. The molecule has 0 aliphatic carbocycles. The van der Waals surface area contributed by atoms with Crippen molar-refractivity contribution in [1.82, 2.24) is 10.3 Å². The van der Waals surface area contributed by atoms with Crippen LogP contribution in [0.25, 0.3) is 0 Å². The molecular formula is C11H13N5O2. The first-order valence-electron chi connectivity index (χ1n) is 5.73. The molecule has 0 amide bonds. The zero-order chi connectivity index (χ0) is 13.0. The summed E-state index contributed by atoms with van der Waals surface area (Å²) >= 11 is 0. The topological polar surface area (TPSA) is 104 Å². The molecule has 1 aromatic rings. The second-order valence-corrected chi connectivity index (χ2v) is 4.10. The van der Waals surface area contributed by atoms with Crippen LogP contribution in [0.5, 0.6) is 0 Å². The Kier molecular flexibility index (Phi) is 3.69. The third-order valence-corrected chi connectivity index (χ3v) is 2.87. The fourth-order valence-corrected chi connectivity index (χ4v) is 1.94. The largest absolute Gasteiger partial charge is 0.367 e. The highest BCUT2D eigenvalue weighted by atomic mass is 16.6. The Morgan fingerprint density at radius 2 is 2.22 bits per heavy atom. The maximum atomic E-state index is 10.7. The molecular weight excluding hydrogens is 234 g/mol. The van der Waals surface area contributed by atoms with Gasteiger partial charge in [-0.3, -0.25) is 10.1 Å². The van der Waals surface area contributed by atoms with Crippen LogP contribution in [0, 0.1) is 21.4 Å². The van der Waals surface area contributed by atoms with Crippen molar-refractivity contribution in [2.75, 3.05) is 18.4 Å². The van der Waals surface area contributed by atoms with E-state index in [1.165, 1.54) is 6.07 Å². The molecule has 1 aliphatic heterocycles. The quantitative estimate of drug-likeness (QED) is 0.610. The van der Waals surface area contributed by atoms with Crippen molar-refractivity contribution >= 4 is 11.5 Å². The van der Waals surface area contributed by atoms with E-state index in [1.54, 1.807) is 12.1 Å². The van der Waals surface area contributed by atoms with Gasteiger partial charge < -0.3 is 10.6 Å². The van der Waals surface area contributed by atoms with Crippen LogP contribution < -0.4 is 10.6 Å². The van der Waals surface area contributed by atoms with Gasteiger partial charge in [0, 0.05) is 12.1 Å². The van der Waals surface area contributed by atoms with Crippen LogP contribution in [-0.2, 0) is 0 Å². The van der Waals surface area contributed by atoms with E-state index in [1.807, 2.05) is 0 Å². The summed E-state index contributed by atoms with van der Waals surface area (Å²) in [5, 5.41) is 26.0. The van der Waals surface area contributed by atoms with E-state index in [0.717, 1.165) is 25.9 Å². The van der Waals surface area contributed by atoms with Gasteiger partial charge in [0.15, 0.2) is 0 Å². The highest BCUT2D eigenvalue weighted by Crippen LogP contribution is 2.19. The van der Waals surface area contributed by atoms with E-state index in [9.17, 15) is 10.1 Å². The van der Waals surface area contributed by atoms with Gasteiger partial charge in [-0.15, -0.1) is 0 Å².